The topological polar surface area (TPSA) is 50.4 Å². The van der Waals surface area contributed by atoms with Gasteiger partial charge in [0.05, 0.1) is 13.2 Å². The number of nitrogens with one attached hydrogen (secondary N) is 2. The van der Waals surface area contributed by atoms with E-state index in [1.165, 1.54) is 0 Å². The van der Waals surface area contributed by atoms with Gasteiger partial charge >= 0.3 is 0 Å². The Morgan fingerprint density at radius 1 is 1.35 bits per heavy atom. The lowest BCUT2D eigenvalue weighted by molar-refractivity contribution is -0.121. The number of halogens is 1. The maximum Gasteiger partial charge on any atom is 0.219 e. The standard InChI is InChI=1S/C12H25FN2O2/c1-3-12(16)15-9-11(13)10-17-8-6-4-5-7-14-2/h11,14H,3-10H2,1-2H3,(H,15,16). The first kappa shape index (κ1) is 16.3. The second kappa shape index (κ2) is 11.8. The normalized spacial score (nSPS) is 12.4. The van der Waals surface area contributed by atoms with Crippen LogP contribution in [-0.4, -0.2) is 45.4 Å². The SMILES string of the molecule is CCC(=O)NCC(F)COCCCCCNC. The van der Waals surface area contributed by atoms with Crippen LogP contribution in [0.15, 0.2) is 0 Å². The third-order valence-corrected chi connectivity index (χ3v) is 2.36. The quantitative estimate of drug-likeness (QED) is 0.541. The first-order valence-electron chi connectivity index (χ1n) is 6.33. The summed E-state index contributed by atoms with van der Waals surface area (Å²) in [6.07, 6.45) is 2.44. The smallest absolute Gasteiger partial charge is 0.219 e. The van der Waals surface area contributed by atoms with Gasteiger partial charge in [-0.1, -0.05) is 6.92 Å². The fourth-order valence-electron chi connectivity index (χ4n) is 1.30. The van der Waals surface area contributed by atoms with Crippen molar-refractivity contribution in [1.29, 1.82) is 0 Å². The number of hydrogen-bond acceptors (Lipinski definition) is 3. The minimum atomic E-state index is -1.11. The van der Waals surface area contributed by atoms with E-state index in [0.717, 1.165) is 25.8 Å². The minimum absolute atomic E-state index is 0.0480. The van der Waals surface area contributed by atoms with Gasteiger partial charge in [-0.15, -0.1) is 0 Å². The van der Waals surface area contributed by atoms with E-state index in [2.05, 4.69) is 10.6 Å². The third-order valence-electron chi connectivity index (χ3n) is 2.36. The summed E-state index contributed by atoms with van der Waals surface area (Å²) < 4.78 is 18.4. The Morgan fingerprint density at radius 2 is 2.12 bits per heavy atom. The Bertz CT molecular complexity index is 191. The monoisotopic (exact) mass is 248 g/mol. The van der Waals surface area contributed by atoms with E-state index >= 15 is 0 Å². The van der Waals surface area contributed by atoms with Crippen LogP contribution in [0.1, 0.15) is 32.6 Å². The zero-order valence-electron chi connectivity index (χ0n) is 10.9. The van der Waals surface area contributed by atoms with Crippen molar-refractivity contribution in [2.45, 2.75) is 38.8 Å². The van der Waals surface area contributed by atoms with Gasteiger partial charge in [-0.3, -0.25) is 4.79 Å². The first-order chi connectivity index (χ1) is 8.20. The summed E-state index contributed by atoms with van der Waals surface area (Å²) in [4.78, 5) is 10.9. The van der Waals surface area contributed by atoms with E-state index in [4.69, 9.17) is 4.74 Å². The molecule has 0 aliphatic rings. The Morgan fingerprint density at radius 3 is 2.76 bits per heavy atom. The Balaban J connectivity index is 3.21. The summed E-state index contributed by atoms with van der Waals surface area (Å²) in [5.41, 5.74) is 0. The summed E-state index contributed by atoms with van der Waals surface area (Å²) in [7, 11) is 1.93. The molecule has 0 fully saturated rings. The maximum absolute atomic E-state index is 13.2. The molecule has 0 bridgehead atoms. The highest BCUT2D eigenvalue weighted by atomic mass is 19.1. The molecular weight excluding hydrogens is 223 g/mol. The van der Waals surface area contributed by atoms with E-state index in [9.17, 15) is 9.18 Å². The average Bonchev–Trinajstić information content (AvgIpc) is 2.34. The van der Waals surface area contributed by atoms with Crippen LogP contribution < -0.4 is 10.6 Å². The number of rotatable bonds is 11. The van der Waals surface area contributed by atoms with Crippen LogP contribution in [0.2, 0.25) is 0 Å². The molecule has 102 valence electrons. The molecular formula is C12H25FN2O2. The molecule has 17 heavy (non-hydrogen) atoms. The van der Waals surface area contributed by atoms with Crippen molar-refractivity contribution < 1.29 is 13.9 Å². The van der Waals surface area contributed by atoms with Gasteiger partial charge in [0.25, 0.3) is 0 Å². The molecule has 0 aromatic heterocycles. The van der Waals surface area contributed by atoms with Crippen LogP contribution >= 0.6 is 0 Å². The number of unbranched alkanes of at least 4 members (excludes halogenated alkanes) is 2. The van der Waals surface area contributed by atoms with Gasteiger partial charge in [-0.25, -0.2) is 4.39 Å². The number of alkyl halides is 1. The summed E-state index contributed by atoms with van der Waals surface area (Å²) in [5, 5.41) is 5.57. The lowest BCUT2D eigenvalue weighted by Crippen LogP contribution is -2.31. The highest BCUT2D eigenvalue weighted by Gasteiger charge is 2.07. The Hall–Kier alpha value is -0.680. The van der Waals surface area contributed by atoms with Gasteiger partial charge in [-0.05, 0) is 32.9 Å². The first-order valence-corrected chi connectivity index (χ1v) is 6.33. The molecule has 1 unspecified atom stereocenters. The van der Waals surface area contributed by atoms with Gasteiger partial charge < -0.3 is 15.4 Å². The van der Waals surface area contributed by atoms with Gasteiger partial charge in [0, 0.05) is 13.0 Å². The summed E-state index contributed by atoms with van der Waals surface area (Å²) in [5.74, 6) is -0.125. The second-order valence-electron chi connectivity index (χ2n) is 3.99. The lowest BCUT2D eigenvalue weighted by atomic mass is 10.2. The van der Waals surface area contributed by atoms with Crippen LogP contribution in [0, 0.1) is 0 Å². The van der Waals surface area contributed by atoms with Gasteiger partial charge in [0.15, 0.2) is 0 Å². The van der Waals surface area contributed by atoms with Crippen molar-refractivity contribution >= 4 is 5.91 Å². The summed E-state index contributed by atoms with van der Waals surface area (Å²) in [6, 6.07) is 0. The number of carbonyl (C=O) groups is 1. The third kappa shape index (κ3) is 11.6. The lowest BCUT2D eigenvalue weighted by Gasteiger charge is -2.10. The molecule has 0 saturated carbocycles. The molecule has 0 rings (SSSR count). The highest BCUT2D eigenvalue weighted by Crippen LogP contribution is 1.97. The molecule has 0 aliphatic carbocycles. The minimum Gasteiger partial charge on any atom is -0.378 e. The predicted octanol–water partition coefficient (Wildman–Crippen LogP) is 1.26. The zero-order valence-corrected chi connectivity index (χ0v) is 10.9. The highest BCUT2D eigenvalue weighted by molar-refractivity contribution is 5.75. The van der Waals surface area contributed by atoms with E-state index in [-0.39, 0.29) is 19.1 Å². The molecule has 0 aliphatic heterocycles. The maximum atomic E-state index is 13.2. The number of hydrogen-bond donors (Lipinski definition) is 2. The molecule has 1 atom stereocenters. The molecule has 0 saturated heterocycles. The molecule has 0 radical (unpaired) electrons. The van der Waals surface area contributed by atoms with E-state index in [1.807, 2.05) is 7.05 Å². The van der Waals surface area contributed by atoms with Crippen molar-refractivity contribution in [2.75, 3.05) is 33.4 Å². The van der Waals surface area contributed by atoms with Crippen LogP contribution in [0.3, 0.4) is 0 Å². The molecule has 0 heterocycles. The molecule has 0 aromatic carbocycles. The van der Waals surface area contributed by atoms with E-state index in [0.29, 0.717) is 13.0 Å². The zero-order chi connectivity index (χ0) is 12.9. The largest absolute Gasteiger partial charge is 0.378 e. The molecule has 0 aromatic rings. The second-order valence-corrected chi connectivity index (χ2v) is 3.99. The van der Waals surface area contributed by atoms with E-state index < -0.39 is 6.17 Å². The average molecular weight is 248 g/mol. The number of ether oxygens (including phenoxy) is 1. The van der Waals surface area contributed by atoms with Crippen LogP contribution in [0.25, 0.3) is 0 Å². The van der Waals surface area contributed by atoms with Crippen molar-refractivity contribution in [2.24, 2.45) is 0 Å². The Labute approximate surface area is 103 Å². The molecule has 0 spiro atoms. The van der Waals surface area contributed by atoms with Gasteiger partial charge in [-0.2, -0.15) is 0 Å². The van der Waals surface area contributed by atoms with Crippen LogP contribution in [0.4, 0.5) is 4.39 Å². The number of amides is 1. The molecule has 4 nitrogen and oxygen atoms in total. The fourth-order valence-corrected chi connectivity index (χ4v) is 1.30. The van der Waals surface area contributed by atoms with Crippen LogP contribution in [0.5, 0.6) is 0 Å². The van der Waals surface area contributed by atoms with Gasteiger partial charge in [0.2, 0.25) is 5.91 Å². The molecule has 2 N–H and O–H groups in total. The summed E-state index contributed by atoms with van der Waals surface area (Å²) in [6.45, 7) is 3.45. The van der Waals surface area contributed by atoms with Crippen LogP contribution in [-0.2, 0) is 9.53 Å². The van der Waals surface area contributed by atoms with Crippen molar-refractivity contribution in [1.82, 2.24) is 10.6 Å². The molecule has 5 heteroatoms. The van der Waals surface area contributed by atoms with Gasteiger partial charge in [0.1, 0.15) is 6.17 Å². The van der Waals surface area contributed by atoms with Crippen molar-refractivity contribution in [3.63, 3.8) is 0 Å². The van der Waals surface area contributed by atoms with Crippen molar-refractivity contribution in [3.05, 3.63) is 0 Å². The molecule has 1 amide bonds. The van der Waals surface area contributed by atoms with Crippen molar-refractivity contribution in [3.8, 4) is 0 Å². The fraction of sp³-hybridized carbons (Fsp3) is 0.917. The predicted molar refractivity (Wildman–Crippen MR) is 66.8 cm³/mol. The Kier molecular flexibility index (Phi) is 11.3. The van der Waals surface area contributed by atoms with E-state index in [1.54, 1.807) is 6.92 Å². The number of carbonyl (C=O) groups excluding carboxylic acids is 1. The summed E-state index contributed by atoms with van der Waals surface area (Å²) >= 11 is 0.